The lowest BCUT2D eigenvalue weighted by molar-refractivity contribution is -0.385. The van der Waals surface area contributed by atoms with E-state index in [1.165, 1.54) is 30.3 Å². The molecule has 0 saturated heterocycles. The molecule has 35 heavy (non-hydrogen) atoms. The summed E-state index contributed by atoms with van der Waals surface area (Å²) in [5.41, 5.74) is 1.04. The molecule has 0 aliphatic carbocycles. The van der Waals surface area contributed by atoms with Crippen molar-refractivity contribution in [2.45, 2.75) is 33.6 Å². The quantitative estimate of drug-likeness (QED) is 0.354. The maximum atomic E-state index is 13.4. The first kappa shape index (κ1) is 23.4. The molecule has 0 bridgehead atoms. The molecule has 1 aliphatic heterocycles. The Hall–Kier alpha value is -4.74. The van der Waals surface area contributed by atoms with Gasteiger partial charge in [-0.05, 0) is 27.7 Å². The normalized spacial score (nSPS) is 14.1. The van der Waals surface area contributed by atoms with Crippen LogP contribution in [0, 0.1) is 24.0 Å². The molecule has 3 aromatic rings. The van der Waals surface area contributed by atoms with Gasteiger partial charge in [0.05, 0.1) is 10.8 Å². The highest BCUT2D eigenvalue weighted by Crippen LogP contribution is 2.42. The van der Waals surface area contributed by atoms with Crippen LogP contribution in [0.25, 0.3) is 0 Å². The lowest BCUT2D eigenvalue weighted by atomic mass is 9.79. The molecule has 180 valence electrons. The van der Waals surface area contributed by atoms with Crippen LogP contribution in [0.2, 0.25) is 0 Å². The summed E-state index contributed by atoms with van der Waals surface area (Å²) >= 11 is 0. The topological polar surface area (TPSA) is 165 Å². The Balaban J connectivity index is 1.83. The highest BCUT2D eigenvalue weighted by molar-refractivity contribution is 6.11. The minimum Gasteiger partial charge on any atom is -0.362 e. The van der Waals surface area contributed by atoms with Crippen LogP contribution in [0.5, 0.6) is 0 Å². The van der Waals surface area contributed by atoms with Gasteiger partial charge in [-0.1, -0.05) is 28.5 Å². The van der Waals surface area contributed by atoms with Crippen LogP contribution in [0.1, 0.15) is 36.8 Å². The van der Waals surface area contributed by atoms with Gasteiger partial charge in [0.15, 0.2) is 11.6 Å². The van der Waals surface area contributed by atoms with Gasteiger partial charge in [0.1, 0.15) is 11.5 Å². The van der Waals surface area contributed by atoms with E-state index in [9.17, 15) is 19.7 Å². The van der Waals surface area contributed by atoms with E-state index in [0.29, 0.717) is 22.9 Å². The number of nitrogens with one attached hydrogen (secondary N) is 3. The van der Waals surface area contributed by atoms with Gasteiger partial charge in [-0.2, -0.15) is 0 Å². The highest BCUT2D eigenvalue weighted by atomic mass is 16.6. The van der Waals surface area contributed by atoms with Crippen LogP contribution < -0.4 is 16.0 Å². The fraction of sp³-hybridized carbons (Fsp3) is 0.217. The number of dihydropyridines is 1. The van der Waals surface area contributed by atoms with Crippen LogP contribution >= 0.6 is 0 Å². The van der Waals surface area contributed by atoms with Crippen LogP contribution in [0.4, 0.5) is 17.3 Å². The van der Waals surface area contributed by atoms with Gasteiger partial charge in [0.2, 0.25) is 0 Å². The van der Waals surface area contributed by atoms with E-state index in [1.807, 2.05) is 0 Å². The molecule has 12 nitrogen and oxygen atoms in total. The molecule has 0 spiro atoms. The highest BCUT2D eigenvalue weighted by Gasteiger charge is 2.40. The molecule has 0 radical (unpaired) electrons. The second-order valence-corrected chi connectivity index (χ2v) is 8.01. The first-order chi connectivity index (χ1) is 16.7. The van der Waals surface area contributed by atoms with E-state index in [4.69, 9.17) is 9.05 Å². The van der Waals surface area contributed by atoms with E-state index < -0.39 is 22.7 Å². The molecule has 0 saturated carbocycles. The van der Waals surface area contributed by atoms with Crippen LogP contribution in [-0.4, -0.2) is 27.1 Å². The first-order valence-corrected chi connectivity index (χ1v) is 10.6. The van der Waals surface area contributed by atoms with Gasteiger partial charge >= 0.3 is 0 Å². The third-order valence-electron chi connectivity index (χ3n) is 5.43. The standard InChI is InChI=1S/C23H22N6O6/c1-11-9-17(27-34-11)25-22(30)19-13(3)24-14(4)20(23(31)26-18-10-12(2)35-28-18)21(19)15-7-5-6-8-16(15)29(32)33/h5-10,21,24H,1-4H3,(H,25,27,30)(H,26,28,31). The largest absolute Gasteiger partial charge is 0.362 e. The Morgan fingerprint density at radius 2 is 1.40 bits per heavy atom. The summed E-state index contributed by atoms with van der Waals surface area (Å²) in [5, 5.41) is 27.8. The molecule has 1 aliphatic rings. The molecule has 2 amide bonds. The summed E-state index contributed by atoms with van der Waals surface area (Å²) < 4.78 is 10.0. The molecule has 3 N–H and O–H groups in total. The van der Waals surface area contributed by atoms with Crippen molar-refractivity contribution >= 4 is 29.1 Å². The van der Waals surface area contributed by atoms with Gasteiger partial charge < -0.3 is 25.0 Å². The fourth-order valence-corrected chi connectivity index (χ4v) is 4.02. The maximum absolute atomic E-state index is 13.4. The third-order valence-corrected chi connectivity index (χ3v) is 5.43. The van der Waals surface area contributed by atoms with Gasteiger partial charge in [0, 0.05) is 46.3 Å². The summed E-state index contributed by atoms with van der Waals surface area (Å²) in [6, 6.07) is 9.05. The van der Waals surface area contributed by atoms with Crippen molar-refractivity contribution in [3.8, 4) is 0 Å². The summed E-state index contributed by atoms with van der Waals surface area (Å²) in [4.78, 5) is 38.2. The smallest absolute Gasteiger partial charge is 0.273 e. The van der Waals surface area contributed by atoms with Crippen molar-refractivity contribution in [2.24, 2.45) is 0 Å². The molecule has 0 fully saturated rings. The minimum atomic E-state index is -1.07. The number of aryl methyl sites for hydroxylation is 2. The average molecular weight is 478 g/mol. The number of rotatable bonds is 6. The number of anilines is 2. The number of carbonyl (C=O) groups is 2. The molecule has 1 aromatic carbocycles. The number of amides is 2. The first-order valence-electron chi connectivity index (χ1n) is 10.6. The van der Waals surface area contributed by atoms with Crippen molar-refractivity contribution in [3.63, 3.8) is 0 Å². The van der Waals surface area contributed by atoms with Crippen molar-refractivity contribution in [1.29, 1.82) is 0 Å². The summed E-state index contributed by atoms with van der Waals surface area (Å²) in [6.07, 6.45) is 0. The molecule has 2 aromatic heterocycles. The zero-order chi connectivity index (χ0) is 25.3. The number of nitrogens with zero attached hydrogens (tertiary/aromatic N) is 3. The van der Waals surface area contributed by atoms with Crippen LogP contribution in [-0.2, 0) is 9.59 Å². The van der Waals surface area contributed by atoms with E-state index in [2.05, 4.69) is 26.3 Å². The predicted molar refractivity (Wildman–Crippen MR) is 124 cm³/mol. The van der Waals surface area contributed by atoms with E-state index in [1.54, 1.807) is 33.8 Å². The Morgan fingerprint density at radius 3 is 1.83 bits per heavy atom. The number of nitro groups is 1. The molecule has 3 heterocycles. The van der Waals surface area contributed by atoms with Gasteiger partial charge in [-0.25, -0.2) is 0 Å². The van der Waals surface area contributed by atoms with Crippen molar-refractivity contribution in [2.75, 3.05) is 10.6 Å². The minimum absolute atomic E-state index is 0.118. The Labute approximate surface area is 199 Å². The van der Waals surface area contributed by atoms with Crippen molar-refractivity contribution in [3.05, 3.63) is 86.1 Å². The molecule has 12 heteroatoms. The van der Waals surface area contributed by atoms with Crippen molar-refractivity contribution in [1.82, 2.24) is 15.6 Å². The molecule has 0 unspecified atom stereocenters. The number of carbonyl (C=O) groups excluding carboxylic acids is 2. The molecule has 4 rings (SSSR count). The lowest BCUT2D eigenvalue weighted by Gasteiger charge is -2.30. The van der Waals surface area contributed by atoms with E-state index >= 15 is 0 Å². The number of para-hydroxylation sites is 1. The number of benzene rings is 1. The van der Waals surface area contributed by atoms with Crippen LogP contribution in [0.3, 0.4) is 0 Å². The number of allylic oxidation sites excluding steroid dienone is 2. The third kappa shape index (κ3) is 4.67. The molecular formula is C23H22N6O6. The summed E-state index contributed by atoms with van der Waals surface area (Å²) in [5.74, 6) is -0.945. The van der Waals surface area contributed by atoms with Gasteiger partial charge in [-0.3, -0.25) is 19.7 Å². The zero-order valence-electron chi connectivity index (χ0n) is 19.3. The predicted octanol–water partition coefficient (Wildman–Crippen LogP) is 3.70. The molecular weight excluding hydrogens is 456 g/mol. The second-order valence-electron chi connectivity index (χ2n) is 8.01. The monoisotopic (exact) mass is 478 g/mol. The van der Waals surface area contributed by atoms with Crippen molar-refractivity contribution < 1.29 is 23.6 Å². The Kier molecular flexibility index (Phi) is 6.19. The Bertz CT molecular complexity index is 1320. The number of nitro benzene ring substituents is 1. The summed E-state index contributed by atoms with van der Waals surface area (Å²) in [7, 11) is 0. The zero-order valence-corrected chi connectivity index (χ0v) is 19.3. The van der Waals surface area contributed by atoms with E-state index in [-0.39, 0.29) is 34.0 Å². The molecule has 0 atom stereocenters. The summed E-state index contributed by atoms with van der Waals surface area (Å²) in [6.45, 7) is 6.66. The SMILES string of the molecule is CC1=C(C(=O)Nc2cc(C)on2)C(c2ccccc2[N+](=O)[O-])C(C(=O)Nc2cc(C)on2)=C(C)N1. The fourth-order valence-electron chi connectivity index (χ4n) is 4.02. The number of hydrogen-bond acceptors (Lipinski definition) is 9. The van der Waals surface area contributed by atoms with E-state index in [0.717, 1.165) is 0 Å². The van der Waals surface area contributed by atoms with Crippen LogP contribution in [0.15, 0.2) is 68.0 Å². The van der Waals surface area contributed by atoms with Gasteiger partial charge in [0.25, 0.3) is 17.5 Å². The number of hydrogen-bond donors (Lipinski definition) is 3. The van der Waals surface area contributed by atoms with Gasteiger partial charge in [-0.15, -0.1) is 0 Å². The second kappa shape index (κ2) is 9.25. The Morgan fingerprint density at radius 1 is 0.914 bits per heavy atom. The lowest BCUT2D eigenvalue weighted by Crippen LogP contribution is -2.35. The average Bonchev–Trinajstić information content (AvgIpc) is 3.39. The number of aromatic nitrogens is 2. The maximum Gasteiger partial charge on any atom is 0.273 e.